The van der Waals surface area contributed by atoms with Gasteiger partial charge < -0.3 is 4.57 Å². The molecule has 110 valence electrons. The second-order valence-electron chi connectivity index (χ2n) is 4.97. The van der Waals surface area contributed by atoms with Crippen LogP contribution in [-0.2, 0) is 0 Å². The highest BCUT2D eigenvalue weighted by Gasteiger charge is 2.02. The molecule has 0 bridgehead atoms. The number of aliphatic imine (C=N–C) groups is 1. The Bertz CT molecular complexity index is 819. The number of hydrogen-bond donors (Lipinski definition) is 0. The lowest BCUT2D eigenvalue weighted by molar-refractivity contribution is 1.07. The molecule has 0 aliphatic heterocycles. The third kappa shape index (κ3) is 3.32. The van der Waals surface area contributed by atoms with Gasteiger partial charge in [-0.15, -0.1) is 0 Å². The van der Waals surface area contributed by atoms with Gasteiger partial charge in [0, 0.05) is 21.4 Å². The molecular formula is C18H14BrClN2. The fourth-order valence-corrected chi connectivity index (χ4v) is 2.62. The smallest absolute Gasteiger partial charge is 0.0674 e. The molecule has 0 spiro atoms. The van der Waals surface area contributed by atoms with E-state index in [4.69, 9.17) is 11.6 Å². The minimum Gasteiger partial charge on any atom is -0.316 e. The standard InChI is InChI=1S/C18H14BrClN2/c1-13-4-7-15(20)11-18(13)21-12-17-3-2-10-22(17)16-8-5-14(19)6-9-16/h2-12H,1H3. The predicted octanol–water partition coefficient (Wildman–Crippen LogP) is 5.95. The molecule has 0 saturated heterocycles. The predicted molar refractivity (Wildman–Crippen MR) is 96.9 cm³/mol. The summed E-state index contributed by atoms with van der Waals surface area (Å²) in [6.07, 6.45) is 3.89. The Morgan fingerprint density at radius 2 is 1.86 bits per heavy atom. The topological polar surface area (TPSA) is 17.3 Å². The summed E-state index contributed by atoms with van der Waals surface area (Å²) in [6.45, 7) is 2.02. The first-order valence-electron chi connectivity index (χ1n) is 6.87. The molecule has 2 nitrogen and oxygen atoms in total. The van der Waals surface area contributed by atoms with E-state index in [0.717, 1.165) is 27.1 Å². The molecule has 1 heterocycles. The summed E-state index contributed by atoms with van der Waals surface area (Å²) in [5.74, 6) is 0. The first-order valence-corrected chi connectivity index (χ1v) is 8.04. The Hall–Kier alpha value is -1.84. The number of aryl methyl sites for hydroxylation is 1. The van der Waals surface area contributed by atoms with Crippen LogP contribution in [0.3, 0.4) is 0 Å². The lowest BCUT2D eigenvalue weighted by Crippen LogP contribution is -1.97. The molecule has 4 heteroatoms. The number of halogens is 2. The molecule has 3 aromatic rings. The van der Waals surface area contributed by atoms with Gasteiger partial charge >= 0.3 is 0 Å². The SMILES string of the molecule is Cc1ccc(Cl)cc1N=Cc1cccn1-c1ccc(Br)cc1. The summed E-state index contributed by atoms with van der Waals surface area (Å²) < 4.78 is 3.16. The largest absolute Gasteiger partial charge is 0.316 e. The molecule has 0 fully saturated rings. The van der Waals surface area contributed by atoms with Gasteiger partial charge in [-0.1, -0.05) is 33.6 Å². The van der Waals surface area contributed by atoms with Crippen molar-refractivity contribution in [1.82, 2.24) is 4.57 Å². The Balaban J connectivity index is 1.94. The normalized spacial score (nSPS) is 11.2. The van der Waals surface area contributed by atoms with Crippen LogP contribution in [0.4, 0.5) is 5.69 Å². The van der Waals surface area contributed by atoms with Gasteiger partial charge in [-0.3, -0.25) is 4.99 Å². The Kier molecular flexibility index (Phi) is 4.46. The number of nitrogens with zero attached hydrogens (tertiary/aromatic N) is 2. The molecule has 0 N–H and O–H groups in total. The molecule has 22 heavy (non-hydrogen) atoms. The van der Waals surface area contributed by atoms with E-state index >= 15 is 0 Å². The maximum Gasteiger partial charge on any atom is 0.0674 e. The highest BCUT2D eigenvalue weighted by atomic mass is 79.9. The van der Waals surface area contributed by atoms with Gasteiger partial charge in [0.1, 0.15) is 0 Å². The van der Waals surface area contributed by atoms with Crippen molar-refractivity contribution in [2.45, 2.75) is 6.92 Å². The molecule has 0 amide bonds. The van der Waals surface area contributed by atoms with Crippen LogP contribution in [0.1, 0.15) is 11.3 Å². The van der Waals surface area contributed by atoms with Crippen molar-refractivity contribution in [3.8, 4) is 5.69 Å². The Labute approximate surface area is 143 Å². The van der Waals surface area contributed by atoms with Crippen LogP contribution in [0, 0.1) is 6.92 Å². The van der Waals surface area contributed by atoms with Crippen molar-refractivity contribution in [1.29, 1.82) is 0 Å². The van der Waals surface area contributed by atoms with Crippen LogP contribution in [0.5, 0.6) is 0 Å². The molecular weight excluding hydrogens is 360 g/mol. The van der Waals surface area contributed by atoms with E-state index < -0.39 is 0 Å². The molecule has 3 rings (SSSR count). The van der Waals surface area contributed by atoms with Crippen LogP contribution in [0.15, 0.2) is 70.3 Å². The van der Waals surface area contributed by atoms with Crippen LogP contribution in [0.25, 0.3) is 5.69 Å². The Morgan fingerprint density at radius 1 is 1.09 bits per heavy atom. The maximum absolute atomic E-state index is 6.04. The monoisotopic (exact) mass is 372 g/mol. The average Bonchev–Trinajstić information content (AvgIpc) is 2.97. The van der Waals surface area contributed by atoms with E-state index in [0.29, 0.717) is 5.02 Å². The molecule has 0 aliphatic carbocycles. The van der Waals surface area contributed by atoms with Crippen LogP contribution < -0.4 is 0 Å². The lowest BCUT2D eigenvalue weighted by atomic mass is 10.2. The number of hydrogen-bond acceptors (Lipinski definition) is 1. The molecule has 1 aromatic heterocycles. The summed E-state index contributed by atoms with van der Waals surface area (Å²) in [7, 11) is 0. The number of aromatic nitrogens is 1. The minimum atomic E-state index is 0.695. The quantitative estimate of drug-likeness (QED) is 0.505. The number of benzene rings is 2. The molecule has 0 radical (unpaired) electrons. The average molecular weight is 374 g/mol. The number of rotatable bonds is 3. The summed E-state index contributed by atoms with van der Waals surface area (Å²) in [4.78, 5) is 4.57. The fraction of sp³-hybridized carbons (Fsp3) is 0.0556. The zero-order valence-corrected chi connectivity index (χ0v) is 14.3. The van der Waals surface area contributed by atoms with E-state index in [1.165, 1.54) is 0 Å². The van der Waals surface area contributed by atoms with Gasteiger partial charge in [0.2, 0.25) is 0 Å². The van der Waals surface area contributed by atoms with E-state index in [9.17, 15) is 0 Å². The van der Waals surface area contributed by atoms with Gasteiger partial charge in [0.05, 0.1) is 17.6 Å². The third-order valence-electron chi connectivity index (χ3n) is 3.39. The highest BCUT2D eigenvalue weighted by Crippen LogP contribution is 2.23. The molecule has 2 aromatic carbocycles. The van der Waals surface area contributed by atoms with Crippen molar-refractivity contribution in [2.75, 3.05) is 0 Å². The van der Waals surface area contributed by atoms with E-state index in [1.807, 2.05) is 61.8 Å². The zero-order valence-electron chi connectivity index (χ0n) is 12.0. The summed E-state index contributed by atoms with van der Waals surface area (Å²) in [6, 6.07) is 17.9. The van der Waals surface area contributed by atoms with Crippen molar-refractivity contribution in [2.24, 2.45) is 4.99 Å². The van der Waals surface area contributed by atoms with Crippen molar-refractivity contribution >= 4 is 39.4 Å². The van der Waals surface area contributed by atoms with Gasteiger partial charge in [-0.25, -0.2) is 0 Å². The molecule has 0 saturated carbocycles. The van der Waals surface area contributed by atoms with Crippen molar-refractivity contribution in [3.63, 3.8) is 0 Å². The van der Waals surface area contributed by atoms with Gasteiger partial charge in [0.25, 0.3) is 0 Å². The van der Waals surface area contributed by atoms with E-state index in [-0.39, 0.29) is 0 Å². The lowest BCUT2D eigenvalue weighted by Gasteiger charge is -2.06. The highest BCUT2D eigenvalue weighted by molar-refractivity contribution is 9.10. The van der Waals surface area contributed by atoms with Crippen LogP contribution in [0.2, 0.25) is 5.02 Å². The van der Waals surface area contributed by atoms with Gasteiger partial charge in [0.15, 0.2) is 0 Å². The van der Waals surface area contributed by atoms with E-state index in [1.54, 1.807) is 0 Å². The molecule has 0 atom stereocenters. The van der Waals surface area contributed by atoms with Crippen molar-refractivity contribution in [3.05, 3.63) is 81.5 Å². The third-order valence-corrected chi connectivity index (χ3v) is 4.16. The van der Waals surface area contributed by atoms with Crippen LogP contribution >= 0.6 is 27.5 Å². The maximum atomic E-state index is 6.04. The minimum absolute atomic E-state index is 0.695. The van der Waals surface area contributed by atoms with Gasteiger partial charge in [-0.05, 0) is 61.0 Å². The second-order valence-corrected chi connectivity index (χ2v) is 6.32. The summed E-state index contributed by atoms with van der Waals surface area (Å²) >= 11 is 9.49. The summed E-state index contributed by atoms with van der Waals surface area (Å²) in [5, 5.41) is 0.695. The van der Waals surface area contributed by atoms with Crippen molar-refractivity contribution < 1.29 is 0 Å². The van der Waals surface area contributed by atoms with E-state index in [2.05, 4.69) is 37.6 Å². The first kappa shape index (κ1) is 15.1. The second kappa shape index (κ2) is 6.51. The Morgan fingerprint density at radius 3 is 2.64 bits per heavy atom. The summed E-state index contributed by atoms with van der Waals surface area (Å²) in [5.41, 5.74) is 4.10. The molecule has 0 unspecified atom stereocenters. The zero-order chi connectivity index (χ0) is 15.5. The van der Waals surface area contributed by atoms with Crippen LogP contribution in [-0.4, -0.2) is 10.8 Å². The first-order chi connectivity index (χ1) is 10.6. The van der Waals surface area contributed by atoms with Gasteiger partial charge in [-0.2, -0.15) is 0 Å². The fourth-order valence-electron chi connectivity index (χ4n) is 2.19. The molecule has 0 aliphatic rings.